The van der Waals surface area contributed by atoms with E-state index in [9.17, 15) is 10.1 Å². The van der Waals surface area contributed by atoms with Crippen LogP contribution in [0, 0.1) is 17.0 Å². The van der Waals surface area contributed by atoms with Crippen LogP contribution in [0.5, 0.6) is 0 Å². The summed E-state index contributed by atoms with van der Waals surface area (Å²) in [4.78, 5) is 12.7. The standard InChI is InChI=1S/C13H20N2O3/c1-10(2)14(7-4-8-16)12-6-5-11(3)9-13(12)15(17)18/h5-6,9-10,16H,4,7-8H2,1-3H3. The molecule has 0 atom stereocenters. The van der Waals surface area contributed by atoms with E-state index in [-0.39, 0.29) is 23.3 Å². The van der Waals surface area contributed by atoms with Gasteiger partial charge in [0.2, 0.25) is 0 Å². The van der Waals surface area contributed by atoms with Gasteiger partial charge in [0, 0.05) is 25.3 Å². The van der Waals surface area contributed by atoms with E-state index >= 15 is 0 Å². The molecule has 1 N–H and O–H groups in total. The minimum atomic E-state index is -0.351. The zero-order valence-electron chi connectivity index (χ0n) is 11.1. The highest BCUT2D eigenvalue weighted by Gasteiger charge is 2.21. The van der Waals surface area contributed by atoms with E-state index < -0.39 is 0 Å². The molecule has 0 heterocycles. The molecule has 0 aliphatic heterocycles. The van der Waals surface area contributed by atoms with Crippen LogP contribution in [0.25, 0.3) is 0 Å². The van der Waals surface area contributed by atoms with Gasteiger partial charge in [-0.25, -0.2) is 0 Å². The summed E-state index contributed by atoms with van der Waals surface area (Å²) in [6.07, 6.45) is 0.600. The van der Waals surface area contributed by atoms with Gasteiger partial charge in [0.15, 0.2) is 0 Å². The third-order valence-corrected chi connectivity index (χ3v) is 2.82. The Morgan fingerprint density at radius 2 is 2.11 bits per heavy atom. The smallest absolute Gasteiger partial charge is 0.292 e. The maximum Gasteiger partial charge on any atom is 0.292 e. The second-order valence-corrected chi connectivity index (χ2v) is 4.61. The number of nitro benzene ring substituents is 1. The fourth-order valence-corrected chi connectivity index (χ4v) is 1.92. The molecule has 1 aromatic carbocycles. The predicted octanol–water partition coefficient (Wildman–Crippen LogP) is 2.50. The van der Waals surface area contributed by atoms with Gasteiger partial charge in [-0.3, -0.25) is 10.1 Å². The average Bonchev–Trinajstić information content (AvgIpc) is 2.30. The number of hydrogen-bond donors (Lipinski definition) is 1. The topological polar surface area (TPSA) is 66.6 Å². The summed E-state index contributed by atoms with van der Waals surface area (Å²) >= 11 is 0. The normalized spacial score (nSPS) is 10.7. The summed E-state index contributed by atoms with van der Waals surface area (Å²) in [7, 11) is 0. The van der Waals surface area contributed by atoms with Crippen molar-refractivity contribution in [3.63, 3.8) is 0 Å². The van der Waals surface area contributed by atoms with Crippen molar-refractivity contribution < 1.29 is 10.0 Å². The van der Waals surface area contributed by atoms with Crippen LogP contribution in [0.15, 0.2) is 18.2 Å². The first-order valence-corrected chi connectivity index (χ1v) is 6.10. The lowest BCUT2D eigenvalue weighted by Crippen LogP contribution is -2.32. The summed E-state index contributed by atoms with van der Waals surface area (Å²) in [6, 6.07) is 5.39. The van der Waals surface area contributed by atoms with E-state index in [1.807, 2.05) is 31.7 Å². The molecular weight excluding hydrogens is 232 g/mol. The Labute approximate surface area is 107 Å². The van der Waals surface area contributed by atoms with E-state index in [0.717, 1.165) is 5.56 Å². The Balaban J connectivity index is 3.14. The first kappa shape index (κ1) is 14.4. The molecule has 0 saturated carbocycles. The van der Waals surface area contributed by atoms with Crippen molar-refractivity contribution in [1.82, 2.24) is 0 Å². The SMILES string of the molecule is Cc1ccc(N(CCCO)C(C)C)c([N+](=O)[O-])c1. The molecule has 1 rings (SSSR count). The third kappa shape index (κ3) is 3.43. The van der Waals surface area contributed by atoms with Gasteiger partial charge >= 0.3 is 0 Å². The van der Waals surface area contributed by atoms with Crippen LogP contribution in [-0.4, -0.2) is 29.2 Å². The molecule has 1 aromatic rings. The lowest BCUT2D eigenvalue weighted by atomic mass is 10.1. The van der Waals surface area contributed by atoms with Gasteiger partial charge in [-0.2, -0.15) is 0 Å². The molecule has 0 radical (unpaired) electrons. The largest absolute Gasteiger partial charge is 0.396 e. The molecule has 0 aliphatic rings. The van der Waals surface area contributed by atoms with Crippen LogP contribution in [0.1, 0.15) is 25.8 Å². The highest BCUT2D eigenvalue weighted by molar-refractivity contribution is 5.64. The van der Waals surface area contributed by atoms with E-state index in [1.54, 1.807) is 12.1 Å². The first-order valence-electron chi connectivity index (χ1n) is 6.10. The minimum Gasteiger partial charge on any atom is -0.396 e. The van der Waals surface area contributed by atoms with E-state index in [2.05, 4.69) is 0 Å². The summed E-state index contributed by atoms with van der Waals surface area (Å²) in [5.41, 5.74) is 1.62. The van der Waals surface area contributed by atoms with Crippen LogP contribution in [-0.2, 0) is 0 Å². The second-order valence-electron chi connectivity index (χ2n) is 4.61. The second kappa shape index (κ2) is 6.35. The maximum absolute atomic E-state index is 11.1. The van der Waals surface area contributed by atoms with Gasteiger partial charge in [0.1, 0.15) is 5.69 Å². The van der Waals surface area contributed by atoms with Crippen LogP contribution in [0.2, 0.25) is 0 Å². The van der Waals surface area contributed by atoms with Crippen LogP contribution >= 0.6 is 0 Å². The highest BCUT2D eigenvalue weighted by Crippen LogP contribution is 2.30. The van der Waals surface area contributed by atoms with Crippen molar-refractivity contribution in [2.45, 2.75) is 33.2 Å². The number of nitrogens with zero attached hydrogens (tertiary/aromatic N) is 2. The minimum absolute atomic E-state index is 0.0862. The molecule has 5 heteroatoms. The number of benzene rings is 1. The number of hydrogen-bond acceptors (Lipinski definition) is 4. The fraction of sp³-hybridized carbons (Fsp3) is 0.538. The number of aliphatic hydroxyl groups excluding tert-OH is 1. The molecule has 0 spiro atoms. The van der Waals surface area contributed by atoms with Gasteiger partial charge in [-0.15, -0.1) is 0 Å². The number of anilines is 1. The summed E-state index contributed by atoms with van der Waals surface area (Å²) in [5, 5.41) is 20.0. The monoisotopic (exact) mass is 252 g/mol. The van der Waals surface area contributed by atoms with Crippen LogP contribution in [0.3, 0.4) is 0 Å². The van der Waals surface area contributed by atoms with Crippen molar-refractivity contribution in [2.24, 2.45) is 0 Å². The summed E-state index contributed by atoms with van der Waals surface area (Å²) in [6.45, 7) is 6.51. The fourth-order valence-electron chi connectivity index (χ4n) is 1.92. The Hall–Kier alpha value is -1.62. The third-order valence-electron chi connectivity index (χ3n) is 2.82. The molecule has 0 amide bonds. The number of nitro groups is 1. The Morgan fingerprint density at radius 3 is 2.61 bits per heavy atom. The zero-order valence-corrected chi connectivity index (χ0v) is 11.1. The highest BCUT2D eigenvalue weighted by atomic mass is 16.6. The van der Waals surface area contributed by atoms with Crippen molar-refractivity contribution in [3.05, 3.63) is 33.9 Å². The zero-order chi connectivity index (χ0) is 13.7. The van der Waals surface area contributed by atoms with E-state index in [0.29, 0.717) is 18.7 Å². The van der Waals surface area contributed by atoms with Crippen molar-refractivity contribution >= 4 is 11.4 Å². The van der Waals surface area contributed by atoms with Gasteiger partial charge in [0.05, 0.1) is 4.92 Å². The van der Waals surface area contributed by atoms with E-state index in [1.165, 1.54) is 0 Å². The molecule has 0 fully saturated rings. The van der Waals surface area contributed by atoms with Gasteiger partial charge < -0.3 is 10.0 Å². The molecule has 100 valence electrons. The number of rotatable bonds is 6. The quantitative estimate of drug-likeness (QED) is 0.624. The summed E-state index contributed by atoms with van der Waals surface area (Å²) in [5.74, 6) is 0. The average molecular weight is 252 g/mol. The Bertz CT molecular complexity index is 419. The van der Waals surface area contributed by atoms with Crippen LogP contribution in [0.4, 0.5) is 11.4 Å². The van der Waals surface area contributed by atoms with Gasteiger partial charge in [-0.1, -0.05) is 6.07 Å². The number of aliphatic hydroxyl groups is 1. The van der Waals surface area contributed by atoms with E-state index in [4.69, 9.17) is 5.11 Å². The molecule has 18 heavy (non-hydrogen) atoms. The summed E-state index contributed by atoms with van der Waals surface area (Å²) < 4.78 is 0. The van der Waals surface area contributed by atoms with Crippen molar-refractivity contribution in [3.8, 4) is 0 Å². The Morgan fingerprint density at radius 1 is 1.44 bits per heavy atom. The predicted molar refractivity (Wildman–Crippen MR) is 72.0 cm³/mol. The molecular formula is C13H20N2O3. The number of aryl methyl sites for hydroxylation is 1. The maximum atomic E-state index is 11.1. The lowest BCUT2D eigenvalue weighted by Gasteiger charge is -2.28. The molecule has 5 nitrogen and oxygen atoms in total. The van der Waals surface area contributed by atoms with Crippen molar-refractivity contribution in [2.75, 3.05) is 18.1 Å². The lowest BCUT2D eigenvalue weighted by molar-refractivity contribution is -0.384. The molecule has 0 saturated heterocycles. The molecule has 0 aromatic heterocycles. The van der Waals surface area contributed by atoms with Gasteiger partial charge in [0.25, 0.3) is 5.69 Å². The first-order chi connectivity index (χ1) is 8.47. The van der Waals surface area contributed by atoms with Gasteiger partial charge in [-0.05, 0) is 38.8 Å². The molecule has 0 bridgehead atoms. The van der Waals surface area contributed by atoms with Crippen molar-refractivity contribution in [1.29, 1.82) is 0 Å². The molecule has 0 aliphatic carbocycles. The molecule has 0 unspecified atom stereocenters. The van der Waals surface area contributed by atoms with Crippen LogP contribution < -0.4 is 4.90 Å². The Kier molecular flexibility index (Phi) is 5.09.